The topological polar surface area (TPSA) is 51.0 Å². The van der Waals surface area contributed by atoms with Crippen molar-refractivity contribution in [1.29, 1.82) is 0 Å². The van der Waals surface area contributed by atoms with Gasteiger partial charge in [-0.15, -0.1) is 10.2 Å². The molecule has 5 heteroatoms. The van der Waals surface area contributed by atoms with Crippen LogP contribution in [0, 0.1) is 0 Å². The Hall–Kier alpha value is -1.20. The third-order valence-corrected chi connectivity index (χ3v) is 4.09. The van der Waals surface area contributed by atoms with Crippen molar-refractivity contribution in [2.75, 3.05) is 6.54 Å². The van der Waals surface area contributed by atoms with E-state index in [2.05, 4.69) is 29.4 Å². The van der Waals surface area contributed by atoms with Gasteiger partial charge in [-0.3, -0.25) is 0 Å². The summed E-state index contributed by atoms with van der Waals surface area (Å²) in [7, 11) is 0. The van der Waals surface area contributed by atoms with Crippen molar-refractivity contribution in [1.82, 2.24) is 15.5 Å². The Morgan fingerprint density at radius 2 is 2.21 bits per heavy atom. The largest absolute Gasteiger partial charge is 0.469 e. The van der Waals surface area contributed by atoms with Gasteiger partial charge in [-0.05, 0) is 31.5 Å². The van der Waals surface area contributed by atoms with Crippen molar-refractivity contribution < 1.29 is 4.42 Å². The van der Waals surface area contributed by atoms with E-state index in [-0.39, 0.29) is 0 Å². The number of furan rings is 1. The first kappa shape index (κ1) is 14.2. The Morgan fingerprint density at radius 3 is 2.89 bits per heavy atom. The summed E-state index contributed by atoms with van der Waals surface area (Å²) < 4.78 is 5.33. The molecule has 0 saturated carbocycles. The van der Waals surface area contributed by atoms with Crippen LogP contribution in [0.25, 0.3) is 0 Å². The van der Waals surface area contributed by atoms with E-state index in [1.165, 1.54) is 0 Å². The zero-order valence-electron chi connectivity index (χ0n) is 11.6. The number of nitrogens with zero attached hydrogens (tertiary/aromatic N) is 2. The van der Waals surface area contributed by atoms with Crippen LogP contribution in [-0.4, -0.2) is 16.7 Å². The molecule has 2 aromatic heterocycles. The maximum atomic E-state index is 5.33. The van der Waals surface area contributed by atoms with Crippen molar-refractivity contribution in [2.24, 2.45) is 0 Å². The first-order chi connectivity index (χ1) is 9.33. The molecule has 0 spiro atoms. The lowest BCUT2D eigenvalue weighted by Gasteiger charge is -2.12. The number of rotatable bonds is 8. The van der Waals surface area contributed by atoms with Gasteiger partial charge < -0.3 is 9.73 Å². The minimum Gasteiger partial charge on any atom is -0.469 e. The van der Waals surface area contributed by atoms with Crippen molar-refractivity contribution in [3.63, 3.8) is 0 Å². The van der Waals surface area contributed by atoms with Gasteiger partial charge >= 0.3 is 0 Å². The molecule has 1 N–H and O–H groups in total. The lowest BCUT2D eigenvalue weighted by Crippen LogP contribution is -2.21. The summed E-state index contributed by atoms with van der Waals surface area (Å²) in [5, 5.41) is 14.3. The van der Waals surface area contributed by atoms with Crippen LogP contribution in [0.1, 0.15) is 48.5 Å². The monoisotopic (exact) mass is 279 g/mol. The van der Waals surface area contributed by atoms with Crippen molar-refractivity contribution >= 4 is 11.3 Å². The Balaban J connectivity index is 1.90. The lowest BCUT2D eigenvalue weighted by atomic mass is 10.2. The normalized spacial score (nSPS) is 12.7. The van der Waals surface area contributed by atoms with E-state index in [1.807, 2.05) is 12.1 Å². The molecule has 0 bridgehead atoms. The molecule has 1 atom stereocenters. The van der Waals surface area contributed by atoms with Crippen LogP contribution in [0.4, 0.5) is 0 Å². The zero-order chi connectivity index (χ0) is 13.5. The van der Waals surface area contributed by atoms with E-state index in [0.29, 0.717) is 6.04 Å². The van der Waals surface area contributed by atoms with Crippen LogP contribution in [0.2, 0.25) is 0 Å². The highest BCUT2D eigenvalue weighted by Gasteiger charge is 2.14. The summed E-state index contributed by atoms with van der Waals surface area (Å²) in [5.41, 5.74) is 0. The summed E-state index contributed by atoms with van der Waals surface area (Å²) >= 11 is 1.71. The second-order valence-electron chi connectivity index (χ2n) is 4.53. The van der Waals surface area contributed by atoms with Gasteiger partial charge in [-0.2, -0.15) is 0 Å². The lowest BCUT2D eigenvalue weighted by molar-refractivity contribution is 0.507. The fraction of sp³-hybridized carbons (Fsp3) is 0.571. The number of hydrogen-bond acceptors (Lipinski definition) is 5. The van der Waals surface area contributed by atoms with Crippen LogP contribution >= 0.6 is 11.3 Å². The standard InChI is InChI=1S/C14H21N3OS/c1-3-9-15-12(4-2)14-17-16-13(19-14)8-7-11-6-5-10-18-11/h5-6,10,12,15H,3-4,7-9H2,1-2H3. The average Bonchev–Trinajstić information content (AvgIpc) is 3.09. The molecule has 104 valence electrons. The Bertz CT molecular complexity index is 467. The zero-order valence-corrected chi connectivity index (χ0v) is 12.4. The van der Waals surface area contributed by atoms with Gasteiger partial charge in [0.2, 0.25) is 0 Å². The second-order valence-corrected chi connectivity index (χ2v) is 5.62. The molecule has 2 heterocycles. The summed E-state index contributed by atoms with van der Waals surface area (Å²) in [4.78, 5) is 0. The maximum absolute atomic E-state index is 5.33. The van der Waals surface area contributed by atoms with Gasteiger partial charge in [0.15, 0.2) is 0 Å². The predicted octanol–water partition coefficient (Wildman–Crippen LogP) is 3.37. The molecule has 19 heavy (non-hydrogen) atoms. The molecular weight excluding hydrogens is 258 g/mol. The summed E-state index contributed by atoms with van der Waals surface area (Å²) in [6, 6.07) is 4.26. The molecule has 0 saturated heterocycles. The average molecular weight is 279 g/mol. The molecule has 0 radical (unpaired) electrons. The van der Waals surface area contributed by atoms with Gasteiger partial charge in [-0.25, -0.2) is 0 Å². The summed E-state index contributed by atoms with van der Waals surface area (Å²) in [6.45, 7) is 5.38. The minimum absolute atomic E-state index is 0.342. The second kappa shape index (κ2) is 7.40. The predicted molar refractivity (Wildman–Crippen MR) is 77.4 cm³/mol. The van der Waals surface area contributed by atoms with Crippen LogP contribution in [0.5, 0.6) is 0 Å². The van der Waals surface area contributed by atoms with E-state index >= 15 is 0 Å². The van der Waals surface area contributed by atoms with E-state index in [9.17, 15) is 0 Å². The van der Waals surface area contributed by atoms with Crippen molar-refractivity contribution in [2.45, 2.75) is 45.6 Å². The fourth-order valence-electron chi connectivity index (χ4n) is 1.92. The van der Waals surface area contributed by atoms with Crippen LogP contribution in [-0.2, 0) is 12.8 Å². The number of aromatic nitrogens is 2. The smallest absolute Gasteiger partial charge is 0.134 e. The highest BCUT2D eigenvalue weighted by Crippen LogP contribution is 2.21. The fourth-order valence-corrected chi connectivity index (χ4v) is 2.92. The Morgan fingerprint density at radius 1 is 1.32 bits per heavy atom. The van der Waals surface area contributed by atoms with Gasteiger partial charge in [0, 0.05) is 12.8 Å². The quantitative estimate of drug-likeness (QED) is 0.805. The van der Waals surface area contributed by atoms with Crippen LogP contribution in [0.15, 0.2) is 22.8 Å². The third-order valence-electron chi connectivity index (χ3n) is 2.99. The third kappa shape index (κ3) is 4.14. The van der Waals surface area contributed by atoms with Crippen LogP contribution in [0.3, 0.4) is 0 Å². The van der Waals surface area contributed by atoms with Crippen molar-refractivity contribution in [3.05, 3.63) is 34.2 Å². The molecule has 0 aliphatic rings. The van der Waals surface area contributed by atoms with E-state index in [4.69, 9.17) is 4.42 Å². The highest BCUT2D eigenvalue weighted by molar-refractivity contribution is 7.11. The van der Waals surface area contributed by atoms with E-state index in [0.717, 1.165) is 48.0 Å². The van der Waals surface area contributed by atoms with Crippen LogP contribution < -0.4 is 5.32 Å². The Labute approximate surface area is 118 Å². The first-order valence-corrected chi connectivity index (χ1v) is 7.73. The molecule has 0 fully saturated rings. The summed E-state index contributed by atoms with van der Waals surface area (Å²) in [5.74, 6) is 1.01. The van der Waals surface area contributed by atoms with E-state index < -0.39 is 0 Å². The van der Waals surface area contributed by atoms with Gasteiger partial charge in [-0.1, -0.05) is 25.2 Å². The highest BCUT2D eigenvalue weighted by atomic mass is 32.1. The number of hydrogen-bond donors (Lipinski definition) is 1. The molecule has 1 unspecified atom stereocenters. The Kier molecular flexibility index (Phi) is 5.54. The molecule has 4 nitrogen and oxygen atoms in total. The molecular formula is C14H21N3OS. The number of nitrogens with one attached hydrogen (secondary N) is 1. The van der Waals surface area contributed by atoms with Crippen molar-refractivity contribution in [3.8, 4) is 0 Å². The molecule has 0 aliphatic heterocycles. The maximum Gasteiger partial charge on any atom is 0.134 e. The van der Waals surface area contributed by atoms with E-state index in [1.54, 1.807) is 17.6 Å². The first-order valence-electron chi connectivity index (χ1n) is 6.91. The molecule has 0 aliphatic carbocycles. The molecule has 2 rings (SSSR count). The molecule has 2 aromatic rings. The van der Waals surface area contributed by atoms with Gasteiger partial charge in [0.1, 0.15) is 15.8 Å². The summed E-state index contributed by atoms with van der Waals surface area (Å²) in [6.07, 6.45) is 5.69. The number of aryl methyl sites for hydroxylation is 2. The van der Waals surface area contributed by atoms with Gasteiger partial charge in [0.05, 0.1) is 12.3 Å². The minimum atomic E-state index is 0.342. The van der Waals surface area contributed by atoms with Gasteiger partial charge in [0.25, 0.3) is 0 Å². The molecule has 0 amide bonds. The SMILES string of the molecule is CCCNC(CC)c1nnc(CCc2ccco2)s1. The molecule has 0 aromatic carbocycles.